The first-order valence-corrected chi connectivity index (χ1v) is 9.68. The number of hydrogen-bond donors (Lipinski definition) is 1. The number of rotatable bonds is 6. The smallest absolute Gasteiger partial charge is 0.223 e. The standard InChI is InChI=1S/C23H30N2O.ClH/c1-17(2)21(18-9-5-3-6-10-18)13-23(26)25-15-20(14-24)22(16-25)19-11-7-4-8-12-19;/h3-12,17,20-22H,13-16,24H2,1-2H3;1H/t20-,21?,22+;/m1./s1. The third-order valence-corrected chi connectivity index (χ3v) is 5.75. The third-order valence-electron chi connectivity index (χ3n) is 5.75. The molecule has 3 nitrogen and oxygen atoms in total. The molecule has 0 aliphatic carbocycles. The number of nitrogens with two attached hydrogens (primary N) is 1. The Morgan fingerprint density at radius 2 is 1.63 bits per heavy atom. The molecule has 1 aliphatic rings. The van der Waals surface area contributed by atoms with Crippen LogP contribution in [0.15, 0.2) is 60.7 Å². The summed E-state index contributed by atoms with van der Waals surface area (Å²) >= 11 is 0. The van der Waals surface area contributed by atoms with Crippen molar-refractivity contribution in [3.8, 4) is 0 Å². The van der Waals surface area contributed by atoms with Gasteiger partial charge in [-0.05, 0) is 35.4 Å². The molecule has 1 heterocycles. The van der Waals surface area contributed by atoms with Crippen molar-refractivity contribution in [3.05, 3.63) is 71.8 Å². The largest absolute Gasteiger partial charge is 0.342 e. The van der Waals surface area contributed by atoms with Crippen molar-refractivity contribution in [2.75, 3.05) is 19.6 Å². The van der Waals surface area contributed by atoms with E-state index in [1.165, 1.54) is 11.1 Å². The van der Waals surface area contributed by atoms with E-state index in [1.54, 1.807) is 0 Å². The van der Waals surface area contributed by atoms with Crippen molar-refractivity contribution in [1.29, 1.82) is 0 Å². The Kier molecular flexibility index (Phi) is 7.88. The monoisotopic (exact) mass is 386 g/mol. The molecule has 0 spiro atoms. The van der Waals surface area contributed by atoms with Crippen LogP contribution in [0.3, 0.4) is 0 Å². The van der Waals surface area contributed by atoms with Crippen molar-refractivity contribution < 1.29 is 4.79 Å². The van der Waals surface area contributed by atoms with Crippen LogP contribution in [-0.2, 0) is 4.79 Å². The minimum absolute atomic E-state index is 0. The summed E-state index contributed by atoms with van der Waals surface area (Å²) in [6.07, 6.45) is 0.570. The van der Waals surface area contributed by atoms with E-state index in [0.717, 1.165) is 13.1 Å². The summed E-state index contributed by atoms with van der Waals surface area (Å²) in [6, 6.07) is 20.9. The van der Waals surface area contributed by atoms with Crippen LogP contribution in [0, 0.1) is 11.8 Å². The van der Waals surface area contributed by atoms with Crippen LogP contribution in [0.25, 0.3) is 0 Å². The summed E-state index contributed by atoms with van der Waals surface area (Å²) < 4.78 is 0. The molecule has 4 heteroatoms. The molecule has 3 atom stereocenters. The van der Waals surface area contributed by atoms with Crippen LogP contribution in [-0.4, -0.2) is 30.4 Å². The van der Waals surface area contributed by atoms with Gasteiger partial charge in [0.25, 0.3) is 0 Å². The van der Waals surface area contributed by atoms with E-state index < -0.39 is 0 Å². The van der Waals surface area contributed by atoms with Crippen molar-refractivity contribution in [2.24, 2.45) is 17.6 Å². The van der Waals surface area contributed by atoms with E-state index in [-0.39, 0.29) is 24.2 Å². The van der Waals surface area contributed by atoms with Crippen LogP contribution in [0.2, 0.25) is 0 Å². The molecule has 0 radical (unpaired) electrons. The predicted molar refractivity (Wildman–Crippen MR) is 114 cm³/mol. The van der Waals surface area contributed by atoms with E-state index in [2.05, 4.69) is 62.4 Å². The lowest BCUT2D eigenvalue weighted by atomic mass is 9.85. The predicted octanol–water partition coefficient (Wildman–Crippen LogP) is 4.44. The van der Waals surface area contributed by atoms with Gasteiger partial charge < -0.3 is 10.6 Å². The zero-order valence-corrected chi connectivity index (χ0v) is 17.1. The molecule has 0 bridgehead atoms. The van der Waals surface area contributed by atoms with Crippen LogP contribution >= 0.6 is 12.4 Å². The minimum atomic E-state index is 0. The third kappa shape index (κ3) is 5.12. The van der Waals surface area contributed by atoms with Gasteiger partial charge in [-0.15, -0.1) is 12.4 Å². The Morgan fingerprint density at radius 1 is 1.04 bits per heavy atom. The van der Waals surface area contributed by atoms with Crippen LogP contribution in [0.5, 0.6) is 0 Å². The lowest BCUT2D eigenvalue weighted by molar-refractivity contribution is -0.131. The van der Waals surface area contributed by atoms with Gasteiger partial charge in [0.15, 0.2) is 0 Å². The number of nitrogens with zero attached hydrogens (tertiary/aromatic N) is 1. The molecule has 2 N–H and O–H groups in total. The normalized spacial score (nSPS) is 20.4. The number of halogens is 1. The van der Waals surface area contributed by atoms with E-state index in [0.29, 0.717) is 30.7 Å². The lowest BCUT2D eigenvalue weighted by Gasteiger charge is -2.24. The Bertz CT molecular complexity index is 705. The second-order valence-corrected chi connectivity index (χ2v) is 7.78. The maximum absolute atomic E-state index is 13.1. The molecular formula is C23H31ClN2O. The molecule has 3 rings (SSSR count). The first-order chi connectivity index (χ1) is 12.6. The van der Waals surface area contributed by atoms with Crippen molar-refractivity contribution in [3.63, 3.8) is 0 Å². The number of carbonyl (C=O) groups is 1. The number of likely N-dealkylation sites (tertiary alicyclic amines) is 1. The summed E-state index contributed by atoms with van der Waals surface area (Å²) in [6.45, 7) is 6.57. The summed E-state index contributed by atoms with van der Waals surface area (Å²) in [5.74, 6) is 1.63. The van der Waals surface area contributed by atoms with Crippen LogP contribution in [0.1, 0.15) is 43.2 Å². The first-order valence-electron chi connectivity index (χ1n) is 9.68. The van der Waals surface area contributed by atoms with Gasteiger partial charge >= 0.3 is 0 Å². The first kappa shape index (κ1) is 21.5. The second kappa shape index (κ2) is 9.91. The van der Waals surface area contributed by atoms with Crippen LogP contribution in [0.4, 0.5) is 0 Å². The molecular weight excluding hydrogens is 356 g/mol. The number of amides is 1. The quantitative estimate of drug-likeness (QED) is 0.797. The van der Waals surface area contributed by atoms with Gasteiger partial charge in [0.2, 0.25) is 5.91 Å². The van der Waals surface area contributed by atoms with E-state index in [9.17, 15) is 4.79 Å². The number of carbonyl (C=O) groups excluding carboxylic acids is 1. The molecule has 0 saturated carbocycles. The fourth-order valence-corrected chi connectivity index (χ4v) is 4.15. The maximum atomic E-state index is 13.1. The molecule has 1 unspecified atom stereocenters. The van der Waals surface area contributed by atoms with Gasteiger partial charge in [-0.2, -0.15) is 0 Å². The molecule has 2 aromatic carbocycles. The lowest BCUT2D eigenvalue weighted by Crippen LogP contribution is -2.31. The molecule has 146 valence electrons. The van der Waals surface area contributed by atoms with Gasteiger partial charge in [0, 0.05) is 25.4 Å². The summed E-state index contributed by atoms with van der Waals surface area (Å²) in [7, 11) is 0. The van der Waals surface area contributed by atoms with Crippen molar-refractivity contribution in [1.82, 2.24) is 4.90 Å². The van der Waals surface area contributed by atoms with Gasteiger partial charge in [0.1, 0.15) is 0 Å². The van der Waals surface area contributed by atoms with Gasteiger partial charge in [-0.25, -0.2) is 0 Å². The van der Waals surface area contributed by atoms with Gasteiger partial charge in [0.05, 0.1) is 0 Å². The summed E-state index contributed by atoms with van der Waals surface area (Å²) in [4.78, 5) is 15.1. The molecule has 1 aliphatic heterocycles. The van der Waals surface area contributed by atoms with E-state index >= 15 is 0 Å². The average Bonchev–Trinajstić information content (AvgIpc) is 3.11. The average molecular weight is 387 g/mol. The van der Waals surface area contributed by atoms with Crippen molar-refractivity contribution in [2.45, 2.75) is 32.1 Å². The number of benzene rings is 2. The minimum Gasteiger partial charge on any atom is -0.342 e. The van der Waals surface area contributed by atoms with Gasteiger partial charge in [-0.1, -0.05) is 74.5 Å². The molecule has 0 aromatic heterocycles. The highest BCUT2D eigenvalue weighted by Gasteiger charge is 2.36. The Balaban J connectivity index is 0.00000261. The fraction of sp³-hybridized carbons (Fsp3) is 0.435. The zero-order valence-electron chi connectivity index (χ0n) is 16.3. The highest BCUT2D eigenvalue weighted by molar-refractivity contribution is 5.85. The SMILES string of the molecule is CC(C)C(CC(=O)N1C[C@@H](CN)[C@H](c2ccccc2)C1)c1ccccc1.Cl. The molecule has 1 amide bonds. The second-order valence-electron chi connectivity index (χ2n) is 7.78. The molecule has 1 saturated heterocycles. The number of hydrogen-bond acceptors (Lipinski definition) is 2. The Labute approximate surface area is 169 Å². The Morgan fingerprint density at radius 3 is 2.19 bits per heavy atom. The summed E-state index contributed by atoms with van der Waals surface area (Å²) in [5.41, 5.74) is 8.57. The maximum Gasteiger partial charge on any atom is 0.223 e. The highest BCUT2D eigenvalue weighted by Crippen LogP contribution is 2.34. The van der Waals surface area contributed by atoms with E-state index in [4.69, 9.17) is 5.73 Å². The van der Waals surface area contributed by atoms with Crippen LogP contribution < -0.4 is 5.73 Å². The fourth-order valence-electron chi connectivity index (χ4n) is 4.15. The molecule has 27 heavy (non-hydrogen) atoms. The molecule has 2 aromatic rings. The Hall–Kier alpha value is -1.84. The van der Waals surface area contributed by atoms with E-state index in [1.807, 2.05) is 17.0 Å². The highest BCUT2D eigenvalue weighted by atomic mass is 35.5. The van der Waals surface area contributed by atoms with Crippen molar-refractivity contribution >= 4 is 18.3 Å². The molecule has 1 fully saturated rings. The van der Waals surface area contributed by atoms with Gasteiger partial charge in [-0.3, -0.25) is 4.79 Å². The summed E-state index contributed by atoms with van der Waals surface area (Å²) in [5, 5.41) is 0. The zero-order chi connectivity index (χ0) is 18.5. The topological polar surface area (TPSA) is 46.3 Å².